The molecule has 1 saturated heterocycles. The lowest BCUT2D eigenvalue weighted by molar-refractivity contribution is -0.117. The Balaban J connectivity index is 1.62. The molecule has 1 aliphatic heterocycles. The normalized spacial score (nSPS) is 14.4. The third-order valence-electron chi connectivity index (χ3n) is 4.42. The predicted molar refractivity (Wildman–Crippen MR) is 111 cm³/mol. The molecule has 5 nitrogen and oxygen atoms in total. The van der Waals surface area contributed by atoms with E-state index in [0.717, 1.165) is 26.3 Å². The number of anilines is 2. The lowest BCUT2D eigenvalue weighted by atomic mass is 10.1. The van der Waals surface area contributed by atoms with Crippen LogP contribution in [0.5, 0.6) is 0 Å². The molecular formula is C20H23Cl2N3O2. The first-order chi connectivity index (χ1) is 13.0. The SMILES string of the molecule is CN(CC(=O)Nc1c(Cl)cccc1Cl)Cc1ccccc1N1CCOCC1. The Morgan fingerprint density at radius 1 is 1.11 bits per heavy atom. The molecule has 1 N–H and O–H groups in total. The van der Waals surface area contributed by atoms with Crippen LogP contribution in [0.1, 0.15) is 5.56 Å². The van der Waals surface area contributed by atoms with Crippen LogP contribution < -0.4 is 10.2 Å². The topological polar surface area (TPSA) is 44.8 Å². The third kappa shape index (κ3) is 5.36. The molecule has 1 fully saturated rings. The Bertz CT molecular complexity index is 774. The Hall–Kier alpha value is -1.79. The molecule has 0 radical (unpaired) electrons. The molecule has 27 heavy (non-hydrogen) atoms. The molecule has 144 valence electrons. The highest BCUT2D eigenvalue weighted by atomic mass is 35.5. The minimum absolute atomic E-state index is 0.156. The van der Waals surface area contributed by atoms with Gasteiger partial charge in [0.05, 0.1) is 35.5 Å². The Labute approximate surface area is 169 Å². The van der Waals surface area contributed by atoms with E-state index in [1.54, 1.807) is 18.2 Å². The van der Waals surface area contributed by atoms with Crippen molar-refractivity contribution in [1.29, 1.82) is 0 Å². The van der Waals surface area contributed by atoms with E-state index in [1.807, 2.05) is 24.1 Å². The van der Waals surface area contributed by atoms with Crippen molar-refractivity contribution in [2.75, 3.05) is 50.1 Å². The van der Waals surface area contributed by atoms with E-state index in [0.29, 0.717) is 22.3 Å². The van der Waals surface area contributed by atoms with Gasteiger partial charge in [0.2, 0.25) is 5.91 Å². The molecule has 2 aromatic carbocycles. The second-order valence-corrected chi connectivity index (χ2v) is 7.36. The zero-order valence-electron chi connectivity index (χ0n) is 15.3. The fourth-order valence-corrected chi connectivity index (χ4v) is 3.64. The fraction of sp³-hybridized carbons (Fsp3) is 0.350. The van der Waals surface area contributed by atoms with Gasteiger partial charge in [-0.25, -0.2) is 0 Å². The second kappa shape index (κ2) is 9.42. The maximum absolute atomic E-state index is 12.4. The largest absolute Gasteiger partial charge is 0.378 e. The van der Waals surface area contributed by atoms with E-state index < -0.39 is 0 Å². The summed E-state index contributed by atoms with van der Waals surface area (Å²) in [4.78, 5) is 16.7. The van der Waals surface area contributed by atoms with Crippen molar-refractivity contribution in [2.45, 2.75) is 6.54 Å². The quantitative estimate of drug-likeness (QED) is 0.788. The number of carbonyl (C=O) groups is 1. The monoisotopic (exact) mass is 407 g/mol. The smallest absolute Gasteiger partial charge is 0.238 e. The van der Waals surface area contributed by atoms with E-state index in [4.69, 9.17) is 27.9 Å². The van der Waals surface area contributed by atoms with Crippen LogP contribution in [0, 0.1) is 0 Å². The molecule has 2 aromatic rings. The van der Waals surface area contributed by atoms with Crippen LogP contribution in [0.2, 0.25) is 10.0 Å². The molecule has 0 unspecified atom stereocenters. The molecule has 0 atom stereocenters. The summed E-state index contributed by atoms with van der Waals surface area (Å²) >= 11 is 12.2. The molecule has 0 bridgehead atoms. The van der Waals surface area contributed by atoms with Crippen LogP contribution in [0.3, 0.4) is 0 Å². The number of halogens is 2. The molecule has 0 aliphatic carbocycles. The van der Waals surface area contributed by atoms with Crippen molar-refractivity contribution >= 4 is 40.5 Å². The molecule has 1 aliphatic rings. The zero-order valence-corrected chi connectivity index (χ0v) is 16.8. The van der Waals surface area contributed by atoms with Crippen molar-refractivity contribution in [2.24, 2.45) is 0 Å². The fourth-order valence-electron chi connectivity index (χ4n) is 3.15. The number of hydrogen-bond acceptors (Lipinski definition) is 4. The molecule has 0 saturated carbocycles. The number of amides is 1. The summed E-state index contributed by atoms with van der Waals surface area (Å²) < 4.78 is 5.44. The van der Waals surface area contributed by atoms with Gasteiger partial charge < -0.3 is 15.0 Å². The highest BCUT2D eigenvalue weighted by Gasteiger charge is 2.17. The second-order valence-electron chi connectivity index (χ2n) is 6.55. The number of likely N-dealkylation sites (N-methyl/N-ethyl adjacent to an activating group) is 1. The van der Waals surface area contributed by atoms with E-state index >= 15 is 0 Å². The van der Waals surface area contributed by atoms with Crippen LogP contribution in [0.25, 0.3) is 0 Å². The molecule has 0 spiro atoms. The van der Waals surface area contributed by atoms with Gasteiger partial charge >= 0.3 is 0 Å². The first-order valence-electron chi connectivity index (χ1n) is 8.87. The van der Waals surface area contributed by atoms with Crippen LogP contribution in [0.4, 0.5) is 11.4 Å². The van der Waals surface area contributed by atoms with Crippen LogP contribution in [-0.4, -0.2) is 50.7 Å². The van der Waals surface area contributed by atoms with Crippen molar-refractivity contribution in [3.8, 4) is 0 Å². The third-order valence-corrected chi connectivity index (χ3v) is 5.05. The number of benzene rings is 2. The molecular weight excluding hydrogens is 385 g/mol. The number of hydrogen-bond donors (Lipinski definition) is 1. The first kappa shape index (κ1) is 20.0. The summed E-state index contributed by atoms with van der Waals surface area (Å²) in [6.07, 6.45) is 0. The van der Waals surface area contributed by atoms with Crippen molar-refractivity contribution in [3.63, 3.8) is 0 Å². The molecule has 7 heteroatoms. The zero-order chi connectivity index (χ0) is 19.2. The van der Waals surface area contributed by atoms with E-state index in [-0.39, 0.29) is 12.5 Å². The van der Waals surface area contributed by atoms with E-state index in [1.165, 1.54) is 11.3 Å². The average molecular weight is 408 g/mol. The number of ether oxygens (including phenoxy) is 1. The van der Waals surface area contributed by atoms with Gasteiger partial charge in [0.15, 0.2) is 0 Å². The molecule has 1 amide bonds. The van der Waals surface area contributed by atoms with Gasteiger partial charge in [-0.2, -0.15) is 0 Å². The highest BCUT2D eigenvalue weighted by molar-refractivity contribution is 6.39. The Morgan fingerprint density at radius 3 is 2.48 bits per heavy atom. The van der Waals surface area contributed by atoms with Crippen molar-refractivity contribution in [1.82, 2.24) is 4.90 Å². The van der Waals surface area contributed by atoms with Gasteiger partial charge in [0, 0.05) is 25.3 Å². The standard InChI is InChI=1S/C20H23Cl2N3O2/c1-24(14-19(26)23-20-16(21)6-4-7-17(20)22)13-15-5-2-3-8-18(15)25-9-11-27-12-10-25/h2-8H,9-14H2,1H3,(H,23,26). The van der Waals surface area contributed by atoms with E-state index in [9.17, 15) is 4.79 Å². The number of para-hydroxylation sites is 2. The summed E-state index contributed by atoms with van der Waals surface area (Å²) in [5.41, 5.74) is 2.83. The maximum atomic E-state index is 12.4. The summed E-state index contributed by atoms with van der Waals surface area (Å²) in [5, 5.41) is 3.66. The van der Waals surface area contributed by atoms with Gasteiger partial charge in [-0.3, -0.25) is 9.69 Å². The van der Waals surface area contributed by atoms with Gasteiger partial charge in [-0.05, 0) is 30.8 Å². The summed E-state index contributed by atoms with van der Waals surface area (Å²) in [5.74, 6) is -0.156. The average Bonchev–Trinajstić information content (AvgIpc) is 2.66. The molecule has 1 heterocycles. The van der Waals surface area contributed by atoms with Crippen molar-refractivity contribution < 1.29 is 9.53 Å². The summed E-state index contributed by atoms with van der Waals surface area (Å²) in [6.45, 7) is 4.14. The minimum atomic E-state index is -0.156. The van der Waals surface area contributed by atoms with Crippen LogP contribution in [0.15, 0.2) is 42.5 Å². The lowest BCUT2D eigenvalue weighted by Crippen LogP contribution is -2.37. The van der Waals surface area contributed by atoms with Gasteiger partial charge in [0.25, 0.3) is 0 Å². The highest BCUT2D eigenvalue weighted by Crippen LogP contribution is 2.29. The number of nitrogens with zero attached hydrogens (tertiary/aromatic N) is 2. The maximum Gasteiger partial charge on any atom is 0.238 e. The molecule has 0 aromatic heterocycles. The summed E-state index contributed by atoms with van der Waals surface area (Å²) in [6, 6.07) is 13.4. The number of rotatable bonds is 6. The lowest BCUT2D eigenvalue weighted by Gasteiger charge is -2.31. The minimum Gasteiger partial charge on any atom is -0.378 e. The summed E-state index contributed by atoms with van der Waals surface area (Å²) in [7, 11) is 1.92. The molecule has 3 rings (SSSR count). The van der Waals surface area contributed by atoms with Crippen LogP contribution >= 0.6 is 23.2 Å². The Morgan fingerprint density at radius 2 is 1.78 bits per heavy atom. The number of carbonyl (C=O) groups excluding carboxylic acids is 1. The van der Waals surface area contributed by atoms with Gasteiger partial charge in [-0.1, -0.05) is 47.5 Å². The predicted octanol–water partition coefficient (Wildman–Crippen LogP) is 3.90. The number of nitrogens with one attached hydrogen (secondary N) is 1. The first-order valence-corrected chi connectivity index (χ1v) is 9.63. The van der Waals surface area contributed by atoms with Gasteiger partial charge in [-0.15, -0.1) is 0 Å². The Kier molecular flexibility index (Phi) is 6.96. The van der Waals surface area contributed by atoms with E-state index in [2.05, 4.69) is 22.3 Å². The van der Waals surface area contributed by atoms with Crippen molar-refractivity contribution in [3.05, 3.63) is 58.1 Å². The van der Waals surface area contributed by atoms with Gasteiger partial charge in [0.1, 0.15) is 0 Å². The van der Waals surface area contributed by atoms with Crippen LogP contribution in [-0.2, 0) is 16.1 Å². The number of morpholine rings is 1.